The molecule has 0 aromatic heterocycles. The lowest BCUT2D eigenvalue weighted by Crippen LogP contribution is -2.23. The van der Waals surface area contributed by atoms with Crippen LogP contribution in [0, 0.1) is 10.1 Å². The van der Waals surface area contributed by atoms with Gasteiger partial charge in [0.05, 0.1) is 9.95 Å². The average Bonchev–Trinajstić information content (AvgIpc) is 2.28. The van der Waals surface area contributed by atoms with Crippen LogP contribution in [-0.2, 0) is 0 Å². The second-order valence-corrected chi connectivity index (χ2v) is 4.15. The van der Waals surface area contributed by atoms with Crippen molar-refractivity contribution in [2.75, 3.05) is 32.1 Å². The Balaban J connectivity index is 2.90. The second-order valence-electron chi connectivity index (χ2n) is 3.74. The maximum atomic E-state index is 10.9. The number of hydrogen-bond donors (Lipinski definition) is 1. The number of para-hydroxylation sites is 1. The molecule has 0 bridgehead atoms. The lowest BCUT2D eigenvalue weighted by atomic mass is 10.2. The number of benzene rings is 1. The molecule has 0 aliphatic rings. The van der Waals surface area contributed by atoms with Crippen LogP contribution < -0.4 is 10.2 Å². The summed E-state index contributed by atoms with van der Waals surface area (Å²) < 4.78 is 0. The minimum absolute atomic E-state index is 0.0458. The van der Waals surface area contributed by atoms with Gasteiger partial charge in [-0.15, -0.1) is 0 Å². The molecule has 1 rings (SSSR count). The van der Waals surface area contributed by atoms with E-state index in [4.69, 9.17) is 11.6 Å². The Hall–Kier alpha value is -1.33. The molecule has 5 nitrogen and oxygen atoms in total. The molecule has 17 heavy (non-hydrogen) atoms. The Morgan fingerprint density at radius 1 is 1.53 bits per heavy atom. The molecule has 1 N–H and O–H groups in total. The number of hydrogen-bond acceptors (Lipinski definition) is 4. The van der Waals surface area contributed by atoms with E-state index in [-0.39, 0.29) is 5.69 Å². The van der Waals surface area contributed by atoms with Gasteiger partial charge in [0, 0.05) is 19.7 Å². The molecule has 0 saturated heterocycles. The van der Waals surface area contributed by atoms with Crippen molar-refractivity contribution in [1.29, 1.82) is 0 Å². The minimum atomic E-state index is -0.407. The summed E-state index contributed by atoms with van der Waals surface area (Å²) in [6.07, 6.45) is 0.898. The van der Waals surface area contributed by atoms with Crippen LogP contribution in [0.25, 0.3) is 0 Å². The van der Waals surface area contributed by atoms with Crippen LogP contribution >= 0.6 is 11.6 Å². The van der Waals surface area contributed by atoms with Gasteiger partial charge in [-0.1, -0.05) is 17.7 Å². The third-order valence-corrected chi connectivity index (χ3v) is 2.77. The Morgan fingerprint density at radius 2 is 2.24 bits per heavy atom. The molecule has 0 aliphatic heterocycles. The van der Waals surface area contributed by atoms with E-state index in [1.165, 1.54) is 6.07 Å². The standard InChI is InChI=1S/C11H16ClN3O2/c1-13-7-4-8-14(2)11-9(12)5-3-6-10(11)15(16)17/h3,5-6,13H,4,7-8H2,1-2H3. The van der Waals surface area contributed by atoms with E-state index in [0.717, 1.165) is 13.0 Å². The van der Waals surface area contributed by atoms with Crippen LogP contribution in [0.2, 0.25) is 5.02 Å². The summed E-state index contributed by atoms with van der Waals surface area (Å²) in [7, 11) is 3.68. The van der Waals surface area contributed by atoms with Crippen molar-refractivity contribution in [3.63, 3.8) is 0 Å². The van der Waals surface area contributed by atoms with Crippen LogP contribution in [0.3, 0.4) is 0 Å². The zero-order valence-corrected chi connectivity index (χ0v) is 10.7. The fraction of sp³-hybridized carbons (Fsp3) is 0.455. The summed E-state index contributed by atoms with van der Waals surface area (Å²) in [5.74, 6) is 0. The molecular formula is C11H16ClN3O2. The first-order valence-electron chi connectivity index (χ1n) is 5.36. The van der Waals surface area contributed by atoms with Crippen LogP contribution in [-0.4, -0.2) is 32.1 Å². The molecule has 6 heteroatoms. The molecule has 0 unspecified atom stereocenters. The largest absolute Gasteiger partial charge is 0.368 e. The lowest BCUT2D eigenvalue weighted by Gasteiger charge is -2.20. The monoisotopic (exact) mass is 257 g/mol. The van der Waals surface area contributed by atoms with Gasteiger partial charge in [-0.25, -0.2) is 0 Å². The highest BCUT2D eigenvalue weighted by atomic mass is 35.5. The number of nitrogens with one attached hydrogen (secondary N) is 1. The molecule has 0 saturated carbocycles. The van der Waals surface area contributed by atoms with Crippen LogP contribution in [0.4, 0.5) is 11.4 Å². The first-order valence-corrected chi connectivity index (χ1v) is 5.74. The molecule has 0 spiro atoms. The van der Waals surface area contributed by atoms with E-state index >= 15 is 0 Å². The number of anilines is 1. The molecular weight excluding hydrogens is 242 g/mol. The summed E-state index contributed by atoms with van der Waals surface area (Å²) in [6, 6.07) is 4.72. The molecule has 0 radical (unpaired) electrons. The fourth-order valence-electron chi connectivity index (χ4n) is 1.63. The Morgan fingerprint density at radius 3 is 2.82 bits per heavy atom. The summed E-state index contributed by atoms with van der Waals surface area (Å²) in [5, 5.41) is 14.4. The third-order valence-electron chi connectivity index (χ3n) is 2.46. The van der Waals surface area contributed by atoms with Crippen molar-refractivity contribution >= 4 is 23.0 Å². The molecule has 0 fully saturated rings. The van der Waals surface area contributed by atoms with E-state index in [0.29, 0.717) is 17.3 Å². The van der Waals surface area contributed by atoms with E-state index in [2.05, 4.69) is 5.32 Å². The van der Waals surface area contributed by atoms with Crippen molar-refractivity contribution in [2.24, 2.45) is 0 Å². The predicted octanol–water partition coefficient (Wildman–Crippen LogP) is 2.29. The van der Waals surface area contributed by atoms with Gasteiger partial charge < -0.3 is 10.2 Å². The maximum Gasteiger partial charge on any atom is 0.294 e. The van der Waals surface area contributed by atoms with E-state index in [9.17, 15) is 10.1 Å². The first kappa shape index (κ1) is 13.7. The van der Waals surface area contributed by atoms with Crippen molar-refractivity contribution in [3.05, 3.63) is 33.3 Å². The summed E-state index contributed by atoms with van der Waals surface area (Å²) >= 11 is 6.02. The van der Waals surface area contributed by atoms with Crippen molar-refractivity contribution in [1.82, 2.24) is 5.32 Å². The lowest BCUT2D eigenvalue weighted by molar-refractivity contribution is -0.384. The Labute approximate surface area is 106 Å². The average molecular weight is 258 g/mol. The highest BCUT2D eigenvalue weighted by Gasteiger charge is 2.19. The van der Waals surface area contributed by atoms with Gasteiger partial charge in [0.15, 0.2) is 0 Å². The molecule has 0 atom stereocenters. The number of nitro benzene ring substituents is 1. The minimum Gasteiger partial charge on any atom is -0.368 e. The van der Waals surface area contributed by atoms with E-state index < -0.39 is 4.92 Å². The van der Waals surface area contributed by atoms with Crippen LogP contribution in [0.15, 0.2) is 18.2 Å². The van der Waals surface area contributed by atoms with E-state index in [1.54, 1.807) is 12.1 Å². The van der Waals surface area contributed by atoms with Crippen LogP contribution in [0.5, 0.6) is 0 Å². The fourth-order valence-corrected chi connectivity index (χ4v) is 1.95. The highest BCUT2D eigenvalue weighted by molar-refractivity contribution is 6.33. The van der Waals surface area contributed by atoms with Gasteiger partial charge in [0.25, 0.3) is 5.69 Å². The van der Waals surface area contributed by atoms with Gasteiger partial charge in [-0.05, 0) is 26.1 Å². The van der Waals surface area contributed by atoms with Gasteiger partial charge in [0.2, 0.25) is 0 Å². The predicted molar refractivity (Wildman–Crippen MR) is 69.9 cm³/mol. The van der Waals surface area contributed by atoms with Crippen LogP contribution in [0.1, 0.15) is 6.42 Å². The van der Waals surface area contributed by atoms with Gasteiger partial charge in [-0.2, -0.15) is 0 Å². The molecule has 0 heterocycles. The van der Waals surface area contributed by atoms with Gasteiger partial charge in [0.1, 0.15) is 5.69 Å². The summed E-state index contributed by atoms with van der Waals surface area (Å²) in [6.45, 7) is 1.58. The number of rotatable bonds is 6. The SMILES string of the molecule is CNCCCN(C)c1c(Cl)cccc1[N+](=O)[O-]. The van der Waals surface area contributed by atoms with Crippen molar-refractivity contribution in [3.8, 4) is 0 Å². The van der Waals surface area contributed by atoms with Gasteiger partial charge >= 0.3 is 0 Å². The highest BCUT2D eigenvalue weighted by Crippen LogP contribution is 2.34. The van der Waals surface area contributed by atoms with Gasteiger partial charge in [-0.3, -0.25) is 10.1 Å². The molecule has 0 amide bonds. The van der Waals surface area contributed by atoms with E-state index in [1.807, 2.05) is 19.0 Å². The number of nitro groups is 1. The topological polar surface area (TPSA) is 58.4 Å². The maximum absolute atomic E-state index is 10.9. The molecule has 1 aromatic rings. The normalized spacial score (nSPS) is 10.3. The second kappa shape index (κ2) is 6.42. The third kappa shape index (κ3) is 3.57. The quantitative estimate of drug-likeness (QED) is 0.483. The zero-order valence-electron chi connectivity index (χ0n) is 9.94. The number of nitrogens with zero attached hydrogens (tertiary/aromatic N) is 2. The zero-order chi connectivity index (χ0) is 12.8. The first-order chi connectivity index (χ1) is 8.07. The number of halogens is 1. The van der Waals surface area contributed by atoms with Crippen molar-refractivity contribution < 1.29 is 4.92 Å². The smallest absolute Gasteiger partial charge is 0.294 e. The molecule has 94 valence electrons. The summed E-state index contributed by atoms with van der Waals surface area (Å²) in [4.78, 5) is 12.3. The molecule has 0 aliphatic carbocycles. The Bertz CT molecular complexity index is 398. The summed E-state index contributed by atoms with van der Waals surface area (Å²) in [5.41, 5.74) is 0.528. The molecule has 1 aromatic carbocycles. The van der Waals surface area contributed by atoms with Crippen molar-refractivity contribution in [2.45, 2.75) is 6.42 Å². The Kier molecular flexibility index (Phi) is 5.18.